The summed E-state index contributed by atoms with van der Waals surface area (Å²) in [5.41, 5.74) is 1.47. The van der Waals surface area contributed by atoms with Crippen molar-refractivity contribution in [2.75, 3.05) is 20.2 Å². The highest BCUT2D eigenvalue weighted by molar-refractivity contribution is 5.81. The van der Waals surface area contributed by atoms with Crippen molar-refractivity contribution in [3.05, 3.63) is 12.2 Å². The second kappa shape index (κ2) is 12.7. The van der Waals surface area contributed by atoms with Gasteiger partial charge in [0.2, 0.25) is 5.91 Å². The molecule has 0 aliphatic heterocycles. The van der Waals surface area contributed by atoms with Crippen molar-refractivity contribution in [3.63, 3.8) is 0 Å². The zero-order chi connectivity index (χ0) is 26.3. The van der Waals surface area contributed by atoms with Crippen LogP contribution < -0.4 is 0 Å². The Morgan fingerprint density at radius 1 is 1.06 bits per heavy atom. The maximum Gasteiger partial charge on any atom is 0.306 e. The van der Waals surface area contributed by atoms with Gasteiger partial charge in [0, 0.05) is 33.0 Å². The fourth-order valence-corrected chi connectivity index (χ4v) is 5.67. The maximum atomic E-state index is 12.6. The van der Waals surface area contributed by atoms with Gasteiger partial charge in [0.1, 0.15) is 6.10 Å². The Kier molecular flexibility index (Phi) is 10.9. The van der Waals surface area contributed by atoms with Crippen LogP contribution in [0.2, 0.25) is 0 Å². The van der Waals surface area contributed by atoms with Gasteiger partial charge in [0.15, 0.2) is 0 Å². The molecule has 0 heterocycles. The molecular weight excluding hydrogens is 438 g/mol. The van der Waals surface area contributed by atoms with Crippen LogP contribution in [0.3, 0.4) is 0 Å². The Labute approximate surface area is 215 Å². The van der Waals surface area contributed by atoms with E-state index in [-0.39, 0.29) is 41.8 Å². The summed E-state index contributed by atoms with van der Waals surface area (Å²) in [4.78, 5) is 26.7. The number of rotatable bonds is 14. The Morgan fingerprint density at radius 2 is 1.71 bits per heavy atom. The molecule has 0 radical (unpaired) electrons. The monoisotopic (exact) mass is 491 g/mol. The summed E-state index contributed by atoms with van der Waals surface area (Å²) in [6, 6.07) is 0. The van der Waals surface area contributed by atoms with Gasteiger partial charge in [-0.25, -0.2) is 0 Å². The lowest BCUT2D eigenvalue weighted by Crippen LogP contribution is -2.36. The summed E-state index contributed by atoms with van der Waals surface area (Å²) in [5.74, 6) is 0.540. The lowest BCUT2D eigenvalue weighted by Gasteiger charge is -2.41. The van der Waals surface area contributed by atoms with Crippen molar-refractivity contribution in [2.45, 2.75) is 130 Å². The van der Waals surface area contributed by atoms with Gasteiger partial charge in [-0.05, 0) is 82.0 Å². The normalized spacial score (nSPS) is 20.9. The molecular formula is C30H53NO4. The number of esters is 1. The van der Waals surface area contributed by atoms with Gasteiger partial charge in [-0.2, -0.15) is 0 Å². The van der Waals surface area contributed by atoms with E-state index in [0.29, 0.717) is 12.0 Å². The second-order valence-electron chi connectivity index (χ2n) is 12.5. The van der Waals surface area contributed by atoms with Crippen molar-refractivity contribution < 1.29 is 19.1 Å². The smallest absolute Gasteiger partial charge is 0.306 e. The number of hydrogen-bond acceptors (Lipinski definition) is 4. The van der Waals surface area contributed by atoms with Gasteiger partial charge in [-0.1, -0.05) is 46.3 Å². The molecule has 1 atom stereocenters. The molecule has 0 bridgehead atoms. The number of carbonyl (C=O) groups is 2. The fraction of sp³-hybridized carbons (Fsp3) is 0.867. The summed E-state index contributed by atoms with van der Waals surface area (Å²) in [7, 11) is 1.81. The number of ether oxygens (including phenoxy) is 2. The molecule has 1 unspecified atom stereocenters. The third-order valence-electron chi connectivity index (χ3n) is 9.29. The first-order valence-corrected chi connectivity index (χ1v) is 14.1. The molecule has 35 heavy (non-hydrogen) atoms. The Balaban J connectivity index is 1.65. The Morgan fingerprint density at radius 3 is 2.26 bits per heavy atom. The van der Waals surface area contributed by atoms with Crippen LogP contribution in [-0.2, 0) is 19.1 Å². The van der Waals surface area contributed by atoms with Crippen LogP contribution in [0.5, 0.6) is 0 Å². The average molecular weight is 492 g/mol. The van der Waals surface area contributed by atoms with Crippen molar-refractivity contribution in [1.82, 2.24) is 4.90 Å². The minimum atomic E-state index is -0.279. The first-order valence-electron chi connectivity index (χ1n) is 14.1. The zero-order valence-corrected chi connectivity index (χ0v) is 23.8. The fourth-order valence-electron chi connectivity index (χ4n) is 5.67. The molecule has 0 N–H and O–H groups in total. The predicted molar refractivity (Wildman–Crippen MR) is 143 cm³/mol. The molecule has 0 aromatic rings. The van der Waals surface area contributed by atoms with Gasteiger partial charge in [-0.15, -0.1) is 0 Å². The maximum absolute atomic E-state index is 12.6. The predicted octanol–water partition coefficient (Wildman–Crippen LogP) is 7.09. The van der Waals surface area contributed by atoms with E-state index in [1.165, 1.54) is 24.8 Å². The highest BCUT2D eigenvalue weighted by atomic mass is 16.5. The number of nitrogens with zero attached hydrogens (tertiary/aromatic N) is 1. The molecule has 5 heteroatoms. The van der Waals surface area contributed by atoms with Gasteiger partial charge >= 0.3 is 5.97 Å². The Hall–Kier alpha value is -1.36. The van der Waals surface area contributed by atoms with Crippen LogP contribution in [-0.4, -0.2) is 48.7 Å². The highest BCUT2D eigenvalue weighted by Crippen LogP contribution is 2.46. The summed E-state index contributed by atoms with van der Waals surface area (Å²) in [6.07, 6.45) is 11.0. The van der Waals surface area contributed by atoms with E-state index in [1.807, 2.05) is 7.05 Å². The molecule has 2 fully saturated rings. The molecule has 1 amide bonds. The van der Waals surface area contributed by atoms with Crippen molar-refractivity contribution in [1.29, 1.82) is 0 Å². The minimum Gasteiger partial charge on any atom is -0.462 e. The van der Waals surface area contributed by atoms with E-state index in [0.717, 1.165) is 57.5 Å². The standard InChI is InChI=1S/C30H53NO4/c1-9-30(10-2)17-16-25(22-23(30)3)35-27(33)15-14-26(32)31(8)20-18-29(6,7)34-21-19-28(4,5)24-12-11-13-24/h24-25H,3,9-22H2,1-2,4-8H3. The number of amides is 1. The highest BCUT2D eigenvalue weighted by Gasteiger charge is 2.37. The van der Waals surface area contributed by atoms with Crippen LogP contribution in [0, 0.1) is 16.7 Å². The summed E-state index contributed by atoms with van der Waals surface area (Å²) < 4.78 is 11.9. The number of carbonyl (C=O) groups excluding carboxylic acids is 2. The SMILES string of the molecule is C=C1CC(OC(=O)CCC(=O)N(C)CCC(C)(C)OCCC(C)(C)C2CCC2)CCC1(CC)CC. The quantitative estimate of drug-likeness (QED) is 0.192. The summed E-state index contributed by atoms with van der Waals surface area (Å²) in [6.45, 7) is 19.0. The summed E-state index contributed by atoms with van der Waals surface area (Å²) >= 11 is 0. The van der Waals surface area contributed by atoms with Crippen LogP contribution >= 0.6 is 0 Å². The van der Waals surface area contributed by atoms with E-state index in [2.05, 4.69) is 48.1 Å². The first-order chi connectivity index (χ1) is 16.3. The molecule has 2 aliphatic rings. The van der Waals surface area contributed by atoms with E-state index in [4.69, 9.17) is 9.47 Å². The molecule has 5 nitrogen and oxygen atoms in total. The van der Waals surface area contributed by atoms with E-state index < -0.39 is 0 Å². The minimum absolute atomic E-state index is 0.0205. The van der Waals surface area contributed by atoms with Crippen LogP contribution in [0.4, 0.5) is 0 Å². The number of hydrogen-bond donors (Lipinski definition) is 0. The first kappa shape index (κ1) is 29.9. The van der Waals surface area contributed by atoms with Gasteiger partial charge < -0.3 is 14.4 Å². The van der Waals surface area contributed by atoms with E-state index >= 15 is 0 Å². The van der Waals surface area contributed by atoms with Crippen molar-refractivity contribution in [3.8, 4) is 0 Å². The third kappa shape index (κ3) is 8.61. The second-order valence-corrected chi connectivity index (χ2v) is 12.5. The van der Waals surface area contributed by atoms with Gasteiger partial charge in [-0.3, -0.25) is 9.59 Å². The lowest BCUT2D eigenvalue weighted by molar-refractivity contribution is -0.152. The molecule has 0 saturated heterocycles. The largest absolute Gasteiger partial charge is 0.462 e. The van der Waals surface area contributed by atoms with Crippen LogP contribution in [0.1, 0.15) is 119 Å². The van der Waals surface area contributed by atoms with Crippen LogP contribution in [0.25, 0.3) is 0 Å². The topological polar surface area (TPSA) is 55.8 Å². The lowest BCUT2D eigenvalue weighted by atomic mass is 9.66. The molecule has 0 aromatic heterocycles. The molecule has 202 valence electrons. The van der Waals surface area contributed by atoms with E-state index in [9.17, 15) is 9.59 Å². The zero-order valence-electron chi connectivity index (χ0n) is 23.8. The van der Waals surface area contributed by atoms with Crippen molar-refractivity contribution >= 4 is 11.9 Å². The Bertz CT molecular complexity index is 718. The van der Waals surface area contributed by atoms with Crippen LogP contribution in [0.15, 0.2) is 12.2 Å². The molecule has 2 aliphatic carbocycles. The molecule has 0 aromatic carbocycles. The molecule has 0 spiro atoms. The van der Waals surface area contributed by atoms with Crippen molar-refractivity contribution in [2.24, 2.45) is 16.7 Å². The molecule has 2 rings (SSSR count). The van der Waals surface area contributed by atoms with E-state index in [1.54, 1.807) is 4.90 Å². The summed E-state index contributed by atoms with van der Waals surface area (Å²) in [5, 5.41) is 0. The average Bonchev–Trinajstić information content (AvgIpc) is 2.74. The van der Waals surface area contributed by atoms with Gasteiger partial charge in [0.25, 0.3) is 0 Å². The van der Waals surface area contributed by atoms with Gasteiger partial charge in [0.05, 0.1) is 12.0 Å². The molecule has 2 saturated carbocycles. The third-order valence-corrected chi connectivity index (χ3v) is 9.29.